The van der Waals surface area contributed by atoms with E-state index in [0.29, 0.717) is 29.3 Å². The highest BCUT2D eigenvalue weighted by atomic mass is 32.1. The number of halogens is 1. The van der Waals surface area contributed by atoms with Crippen molar-refractivity contribution >= 4 is 40.3 Å². The van der Waals surface area contributed by atoms with Crippen LogP contribution in [-0.2, 0) is 6.67 Å². The summed E-state index contributed by atoms with van der Waals surface area (Å²) in [7, 11) is 0. The first kappa shape index (κ1) is 20.6. The first-order chi connectivity index (χ1) is 14.5. The topological polar surface area (TPSA) is 53.4 Å². The minimum absolute atomic E-state index is 0.0653. The Hall–Kier alpha value is -2.62. The normalized spacial score (nSPS) is 14.7. The Labute approximate surface area is 183 Å². The van der Waals surface area contributed by atoms with Crippen LogP contribution in [0.4, 0.5) is 15.2 Å². The largest absolute Gasteiger partial charge is 0.336 e. The lowest BCUT2D eigenvalue weighted by Gasteiger charge is -2.34. The molecule has 1 aromatic heterocycles. The number of carbonyl (C=O) groups is 1. The molecule has 4 rings (SSSR count). The third kappa shape index (κ3) is 4.92. The summed E-state index contributed by atoms with van der Waals surface area (Å²) in [6, 6.07) is 13.8. The van der Waals surface area contributed by atoms with Crippen molar-refractivity contribution in [3.8, 4) is 0 Å². The fraction of sp³-hybridized carbons (Fsp3) is 0.286. The molecule has 0 atom stereocenters. The van der Waals surface area contributed by atoms with Gasteiger partial charge in [-0.15, -0.1) is 5.10 Å². The molecule has 156 valence electrons. The minimum atomic E-state index is -0.340. The Morgan fingerprint density at radius 3 is 2.43 bits per heavy atom. The maximum absolute atomic E-state index is 13.1. The Bertz CT molecular complexity index is 1070. The van der Waals surface area contributed by atoms with Crippen LogP contribution in [0.3, 0.4) is 0 Å². The fourth-order valence-electron chi connectivity index (χ4n) is 3.26. The Balaban J connectivity index is 1.33. The Morgan fingerprint density at radius 2 is 1.77 bits per heavy atom. The number of aryl methyl sites for hydroxylation is 1. The third-order valence-corrected chi connectivity index (χ3v) is 6.22. The van der Waals surface area contributed by atoms with Crippen LogP contribution in [0.25, 0.3) is 0 Å². The van der Waals surface area contributed by atoms with Crippen molar-refractivity contribution in [2.45, 2.75) is 13.6 Å². The number of anilines is 2. The molecule has 30 heavy (non-hydrogen) atoms. The second kappa shape index (κ2) is 9.03. The van der Waals surface area contributed by atoms with Gasteiger partial charge in [-0.1, -0.05) is 29.0 Å². The zero-order valence-corrected chi connectivity index (χ0v) is 18.2. The summed E-state index contributed by atoms with van der Waals surface area (Å²) in [5.41, 5.74) is 2.69. The summed E-state index contributed by atoms with van der Waals surface area (Å²) in [6.07, 6.45) is 0. The molecule has 1 fully saturated rings. The number of hydrogen-bond donors (Lipinski definition) is 1. The van der Waals surface area contributed by atoms with Crippen molar-refractivity contribution in [2.24, 2.45) is 0 Å². The molecule has 0 bridgehead atoms. The highest BCUT2D eigenvalue weighted by Crippen LogP contribution is 2.21. The monoisotopic (exact) mass is 443 g/mol. The van der Waals surface area contributed by atoms with Gasteiger partial charge in [-0.2, -0.15) is 0 Å². The van der Waals surface area contributed by atoms with Crippen molar-refractivity contribution < 1.29 is 9.18 Å². The van der Waals surface area contributed by atoms with Gasteiger partial charge in [0.05, 0.1) is 6.67 Å². The van der Waals surface area contributed by atoms with Crippen LogP contribution in [0.15, 0.2) is 48.5 Å². The number of aromatic nitrogens is 2. The summed E-state index contributed by atoms with van der Waals surface area (Å²) in [4.78, 5) is 16.6. The quantitative estimate of drug-likeness (QED) is 0.597. The van der Waals surface area contributed by atoms with E-state index < -0.39 is 0 Å². The molecule has 0 spiro atoms. The van der Waals surface area contributed by atoms with E-state index in [2.05, 4.69) is 22.2 Å². The molecule has 0 saturated carbocycles. The highest BCUT2D eigenvalue weighted by Gasteiger charge is 2.22. The van der Waals surface area contributed by atoms with Gasteiger partial charge in [0.25, 0.3) is 5.91 Å². The van der Waals surface area contributed by atoms with E-state index in [1.807, 2.05) is 28.9 Å². The second-order valence-corrected chi connectivity index (χ2v) is 8.84. The molecular formula is C21H22FN5OS2. The lowest BCUT2D eigenvalue weighted by atomic mass is 10.2. The Kier molecular flexibility index (Phi) is 6.21. The first-order valence-corrected chi connectivity index (χ1v) is 10.9. The van der Waals surface area contributed by atoms with Crippen LogP contribution in [0, 0.1) is 16.7 Å². The van der Waals surface area contributed by atoms with E-state index in [1.165, 1.54) is 41.2 Å². The zero-order valence-electron chi connectivity index (χ0n) is 16.5. The number of benzene rings is 2. The molecular weight excluding hydrogens is 421 g/mol. The standard InChI is InChI=1S/C21H22FN5OS2/c1-15-2-8-18(9-3-15)23-20-24-27(21(29)30-20)14-25-10-12-26(13-11-25)19(28)16-4-6-17(22)7-5-16/h2-9H,10-14H2,1H3,(H,23,24). The highest BCUT2D eigenvalue weighted by molar-refractivity contribution is 7.73. The number of piperazine rings is 1. The number of nitrogens with one attached hydrogen (secondary N) is 1. The number of amides is 1. The molecule has 1 saturated heterocycles. The van der Waals surface area contributed by atoms with E-state index in [9.17, 15) is 9.18 Å². The smallest absolute Gasteiger partial charge is 0.253 e. The van der Waals surface area contributed by atoms with Crippen molar-refractivity contribution in [1.29, 1.82) is 0 Å². The van der Waals surface area contributed by atoms with Crippen molar-refractivity contribution in [3.63, 3.8) is 0 Å². The molecule has 2 aromatic carbocycles. The van der Waals surface area contributed by atoms with Crippen LogP contribution in [0.5, 0.6) is 0 Å². The summed E-state index contributed by atoms with van der Waals surface area (Å²) >= 11 is 6.91. The second-order valence-electron chi connectivity index (χ2n) is 7.22. The number of nitrogens with zero attached hydrogens (tertiary/aromatic N) is 4. The first-order valence-electron chi connectivity index (χ1n) is 9.67. The summed E-state index contributed by atoms with van der Waals surface area (Å²) < 4.78 is 15.6. The lowest BCUT2D eigenvalue weighted by Crippen LogP contribution is -2.49. The lowest BCUT2D eigenvalue weighted by molar-refractivity contribution is 0.0586. The molecule has 1 aliphatic heterocycles. The van der Waals surface area contributed by atoms with Crippen LogP contribution in [0.1, 0.15) is 15.9 Å². The van der Waals surface area contributed by atoms with Gasteiger partial charge in [0.2, 0.25) is 5.13 Å². The maximum atomic E-state index is 13.1. The third-order valence-electron chi connectivity index (χ3n) is 4.99. The predicted octanol–water partition coefficient (Wildman–Crippen LogP) is 4.28. The van der Waals surface area contributed by atoms with Gasteiger partial charge in [-0.05, 0) is 55.5 Å². The molecule has 0 radical (unpaired) electrons. The van der Waals surface area contributed by atoms with Gasteiger partial charge in [-0.3, -0.25) is 9.69 Å². The molecule has 1 N–H and O–H groups in total. The van der Waals surface area contributed by atoms with Crippen LogP contribution >= 0.6 is 23.6 Å². The van der Waals surface area contributed by atoms with Crippen LogP contribution in [-0.4, -0.2) is 51.7 Å². The van der Waals surface area contributed by atoms with Crippen molar-refractivity contribution in [1.82, 2.24) is 19.6 Å². The van der Waals surface area contributed by atoms with E-state index >= 15 is 0 Å². The van der Waals surface area contributed by atoms with Gasteiger partial charge >= 0.3 is 0 Å². The summed E-state index contributed by atoms with van der Waals surface area (Å²) in [5, 5.41) is 8.65. The SMILES string of the molecule is Cc1ccc(Nc2nn(CN3CCN(C(=O)c4ccc(F)cc4)CC3)c(=S)s2)cc1. The van der Waals surface area contributed by atoms with E-state index in [4.69, 9.17) is 12.2 Å². The van der Waals surface area contributed by atoms with Gasteiger partial charge in [-0.25, -0.2) is 9.07 Å². The molecule has 2 heterocycles. The average molecular weight is 444 g/mol. The van der Waals surface area contributed by atoms with Gasteiger partial charge in [0, 0.05) is 37.4 Å². The maximum Gasteiger partial charge on any atom is 0.253 e. The van der Waals surface area contributed by atoms with Gasteiger partial charge in [0.1, 0.15) is 5.82 Å². The number of carbonyl (C=O) groups excluding carboxylic acids is 1. The van der Waals surface area contributed by atoms with Gasteiger partial charge in [0.15, 0.2) is 3.95 Å². The Morgan fingerprint density at radius 1 is 1.10 bits per heavy atom. The zero-order chi connectivity index (χ0) is 21.1. The van der Waals surface area contributed by atoms with Crippen LogP contribution in [0.2, 0.25) is 0 Å². The van der Waals surface area contributed by atoms with Crippen molar-refractivity contribution in [2.75, 3.05) is 31.5 Å². The summed E-state index contributed by atoms with van der Waals surface area (Å²) in [5.74, 6) is -0.405. The average Bonchev–Trinajstić information content (AvgIpc) is 3.09. The van der Waals surface area contributed by atoms with Crippen molar-refractivity contribution in [3.05, 3.63) is 69.4 Å². The van der Waals surface area contributed by atoms with E-state index in [-0.39, 0.29) is 11.7 Å². The number of hydrogen-bond acceptors (Lipinski definition) is 6. The molecule has 0 aliphatic carbocycles. The van der Waals surface area contributed by atoms with Crippen LogP contribution < -0.4 is 5.32 Å². The minimum Gasteiger partial charge on any atom is -0.336 e. The molecule has 1 aliphatic rings. The summed E-state index contributed by atoms with van der Waals surface area (Å²) in [6.45, 7) is 5.32. The fourth-order valence-corrected chi connectivity index (χ4v) is 4.28. The molecule has 3 aromatic rings. The molecule has 0 unspecified atom stereocenters. The molecule has 6 nitrogen and oxygen atoms in total. The van der Waals surface area contributed by atoms with E-state index in [0.717, 1.165) is 23.9 Å². The molecule has 1 amide bonds. The molecule has 9 heteroatoms. The van der Waals surface area contributed by atoms with E-state index in [1.54, 1.807) is 4.90 Å². The van der Waals surface area contributed by atoms with Gasteiger partial charge < -0.3 is 10.2 Å². The number of rotatable bonds is 5. The predicted molar refractivity (Wildman–Crippen MR) is 119 cm³/mol.